The van der Waals surface area contributed by atoms with Crippen molar-refractivity contribution in [2.45, 2.75) is 13.0 Å². The molecular formula is C9H20N2O4S. The maximum absolute atomic E-state index is 11.9. The Hall–Kier alpha value is -0.210. The second-order valence-corrected chi connectivity index (χ2v) is 5.69. The molecule has 0 aliphatic carbocycles. The van der Waals surface area contributed by atoms with Gasteiger partial charge >= 0.3 is 0 Å². The summed E-state index contributed by atoms with van der Waals surface area (Å²) in [4.78, 5) is 0. The number of ether oxygens (including phenoxy) is 2. The summed E-state index contributed by atoms with van der Waals surface area (Å²) in [5.74, 6) is 0.0259. The van der Waals surface area contributed by atoms with E-state index in [4.69, 9.17) is 15.2 Å². The van der Waals surface area contributed by atoms with Crippen molar-refractivity contribution in [1.82, 2.24) is 4.31 Å². The Bertz CT molecular complexity index is 294. The summed E-state index contributed by atoms with van der Waals surface area (Å²) in [6.07, 6.45) is -0.185. The number of hydrogen-bond acceptors (Lipinski definition) is 5. The molecule has 7 heteroatoms. The molecular weight excluding hydrogens is 232 g/mol. The van der Waals surface area contributed by atoms with Gasteiger partial charge in [-0.25, -0.2) is 8.42 Å². The Labute approximate surface area is 96.7 Å². The Morgan fingerprint density at radius 1 is 1.56 bits per heavy atom. The smallest absolute Gasteiger partial charge is 0.216 e. The minimum atomic E-state index is -3.23. The van der Waals surface area contributed by atoms with Gasteiger partial charge in [0.2, 0.25) is 10.0 Å². The second kappa shape index (κ2) is 6.51. The highest BCUT2D eigenvalue weighted by Crippen LogP contribution is 2.09. The Kier molecular flexibility index (Phi) is 5.63. The van der Waals surface area contributed by atoms with E-state index in [1.165, 1.54) is 4.31 Å². The number of rotatable bonds is 6. The average molecular weight is 252 g/mol. The van der Waals surface area contributed by atoms with Gasteiger partial charge in [-0.3, -0.25) is 0 Å². The highest BCUT2D eigenvalue weighted by atomic mass is 32.2. The predicted molar refractivity (Wildman–Crippen MR) is 60.6 cm³/mol. The van der Waals surface area contributed by atoms with Gasteiger partial charge in [-0.05, 0) is 6.92 Å². The summed E-state index contributed by atoms with van der Waals surface area (Å²) in [5.41, 5.74) is 5.46. The van der Waals surface area contributed by atoms with Crippen LogP contribution < -0.4 is 5.73 Å². The molecule has 0 saturated carbocycles. The van der Waals surface area contributed by atoms with Crippen LogP contribution in [-0.2, 0) is 19.5 Å². The molecule has 96 valence electrons. The normalized spacial score (nSPS) is 23.5. The van der Waals surface area contributed by atoms with Gasteiger partial charge in [0.05, 0.1) is 25.1 Å². The zero-order chi connectivity index (χ0) is 12.0. The molecule has 1 fully saturated rings. The third-order valence-corrected chi connectivity index (χ3v) is 4.25. The molecule has 16 heavy (non-hydrogen) atoms. The van der Waals surface area contributed by atoms with Crippen molar-refractivity contribution >= 4 is 10.0 Å². The molecule has 0 aromatic rings. The lowest BCUT2D eigenvalue weighted by Gasteiger charge is -2.31. The second-order valence-electron chi connectivity index (χ2n) is 3.60. The largest absolute Gasteiger partial charge is 0.381 e. The average Bonchev–Trinajstić information content (AvgIpc) is 2.29. The van der Waals surface area contributed by atoms with E-state index in [0.717, 1.165) is 0 Å². The first-order valence-corrected chi connectivity index (χ1v) is 7.08. The third kappa shape index (κ3) is 3.99. The number of nitrogens with two attached hydrogens (primary N) is 1. The molecule has 6 nitrogen and oxygen atoms in total. The van der Waals surface area contributed by atoms with E-state index in [1.54, 1.807) is 0 Å². The SMILES string of the molecule is CCOCCS(=O)(=O)N1CCOC(CN)C1. The van der Waals surface area contributed by atoms with E-state index in [2.05, 4.69) is 0 Å². The molecule has 1 saturated heterocycles. The van der Waals surface area contributed by atoms with Crippen LogP contribution in [0.15, 0.2) is 0 Å². The summed E-state index contributed by atoms with van der Waals surface area (Å²) in [6.45, 7) is 4.13. The molecule has 1 aliphatic heterocycles. The van der Waals surface area contributed by atoms with Crippen molar-refractivity contribution in [3.05, 3.63) is 0 Å². The van der Waals surface area contributed by atoms with Gasteiger partial charge in [0.15, 0.2) is 0 Å². The van der Waals surface area contributed by atoms with Crippen LogP contribution in [-0.4, -0.2) is 64.0 Å². The molecule has 0 bridgehead atoms. The van der Waals surface area contributed by atoms with Gasteiger partial charge in [0.1, 0.15) is 0 Å². The first-order chi connectivity index (χ1) is 7.60. The number of hydrogen-bond donors (Lipinski definition) is 1. The summed E-state index contributed by atoms with van der Waals surface area (Å²) < 4.78 is 35.5. The van der Waals surface area contributed by atoms with E-state index in [9.17, 15) is 8.42 Å². The third-order valence-electron chi connectivity index (χ3n) is 2.45. The van der Waals surface area contributed by atoms with E-state index in [1.807, 2.05) is 6.92 Å². The topological polar surface area (TPSA) is 81.9 Å². The van der Waals surface area contributed by atoms with Crippen LogP contribution in [0.25, 0.3) is 0 Å². The van der Waals surface area contributed by atoms with E-state index in [-0.39, 0.29) is 18.5 Å². The van der Waals surface area contributed by atoms with Crippen LogP contribution in [0.3, 0.4) is 0 Å². The van der Waals surface area contributed by atoms with Crippen molar-refractivity contribution < 1.29 is 17.9 Å². The van der Waals surface area contributed by atoms with Crippen LogP contribution in [0.1, 0.15) is 6.92 Å². The quantitative estimate of drug-likeness (QED) is 0.614. The maximum atomic E-state index is 11.9. The number of morpholine rings is 1. The van der Waals surface area contributed by atoms with Crippen molar-refractivity contribution in [2.24, 2.45) is 5.73 Å². The van der Waals surface area contributed by atoms with Crippen LogP contribution in [0.5, 0.6) is 0 Å². The van der Waals surface area contributed by atoms with Crippen LogP contribution >= 0.6 is 0 Å². The van der Waals surface area contributed by atoms with Crippen molar-refractivity contribution in [3.8, 4) is 0 Å². The van der Waals surface area contributed by atoms with Crippen molar-refractivity contribution in [3.63, 3.8) is 0 Å². The van der Waals surface area contributed by atoms with Gasteiger partial charge in [-0.1, -0.05) is 0 Å². The molecule has 1 atom stereocenters. The van der Waals surface area contributed by atoms with Gasteiger partial charge in [0.25, 0.3) is 0 Å². The summed E-state index contributed by atoms with van der Waals surface area (Å²) in [7, 11) is -3.23. The van der Waals surface area contributed by atoms with Crippen molar-refractivity contribution in [2.75, 3.05) is 45.2 Å². The number of sulfonamides is 1. The molecule has 1 heterocycles. The first kappa shape index (κ1) is 13.9. The van der Waals surface area contributed by atoms with E-state index >= 15 is 0 Å². The molecule has 1 aliphatic rings. The lowest BCUT2D eigenvalue weighted by molar-refractivity contribution is 0.00431. The molecule has 2 N–H and O–H groups in total. The molecule has 0 aromatic carbocycles. The summed E-state index contributed by atoms with van der Waals surface area (Å²) >= 11 is 0. The fourth-order valence-corrected chi connectivity index (χ4v) is 2.86. The monoisotopic (exact) mass is 252 g/mol. The molecule has 1 rings (SSSR count). The zero-order valence-electron chi connectivity index (χ0n) is 9.59. The minimum absolute atomic E-state index is 0.0259. The Morgan fingerprint density at radius 3 is 2.94 bits per heavy atom. The first-order valence-electron chi connectivity index (χ1n) is 5.47. The summed E-state index contributed by atoms with van der Waals surface area (Å²) in [6, 6.07) is 0. The van der Waals surface area contributed by atoms with Crippen molar-refractivity contribution in [1.29, 1.82) is 0 Å². The Morgan fingerprint density at radius 2 is 2.31 bits per heavy atom. The predicted octanol–water partition coefficient (Wildman–Crippen LogP) is -0.988. The highest BCUT2D eigenvalue weighted by molar-refractivity contribution is 7.89. The maximum Gasteiger partial charge on any atom is 0.216 e. The highest BCUT2D eigenvalue weighted by Gasteiger charge is 2.28. The van der Waals surface area contributed by atoms with Gasteiger partial charge in [-0.15, -0.1) is 0 Å². The Balaban J connectivity index is 2.47. The van der Waals surface area contributed by atoms with E-state index in [0.29, 0.717) is 32.8 Å². The molecule has 0 amide bonds. The van der Waals surface area contributed by atoms with Crippen LogP contribution in [0, 0.1) is 0 Å². The fourth-order valence-electron chi connectivity index (χ4n) is 1.53. The van der Waals surface area contributed by atoms with E-state index < -0.39 is 10.0 Å². The molecule has 0 aromatic heterocycles. The minimum Gasteiger partial charge on any atom is -0.381 e. The number of nitrogens with zero attached hydrogens (tertiary/aromatic N) is 1. The molecule has 1 unspecified atom stereocenters. The zero-order valence-corrected chi connectivity index (χ0v) is 10.4. The van der Waals surface area contributed by atoms with Gasteiger partial charge in [-0.2, -0.15) is 4.31 Å². The van der Waals surface area contributed by atoms with Gasteiger partial charge in [0, 0.05) is 26.2 Å². The lowest BCUT2D eigenvalue weighted by Crippen LogP contribution is -2.49. The molecule has 0 radical (unpaired) electrons. The van der Waals surface area contributed by atoms with Gasteiger partial charge < -0.3 is 15.2 Å². The van der Waals surface area contributed by atoms with Crippen LogP contribution in [0.4, 0.5) is 0 Å². The van der Waals surface area contributed by atoms with Crippen LogP contribution in [0.2, 0.25) is 0 Å². The molecule has 0 spiro atoms. The summed E-state index contributed by atoms with van der Waals surface area (Å²) in [5, 5.41) is 0. The standard InChI is InChI=1S/C9H20N2O4S/c1-2-14-5-6-16(12,13)11-3-4-15-9(7-10)8-11/h9H,2-8,10H2,1H3. The fraction of sp³-hybridized carbons (Fsp3) is 1.00. The lowest BCUT2D eigenvalue weighted by atomic mass is 10.3.